The van der Waals surface area contributed by atoms with Gasteiger partial charge in [0.05, 0.1) is 43.1 Å². The summed E-state index contributed by atoms with van der Waals surface area (Å²) < 4.78 is 9.49. The zero-order chi connectivity index (χ0) is 35.7. The molecule has 0 bridgehead atoms. The molecule has 12 heteroatoms. The molecule has 0 radical (unpaired) electrons. The molecular formula is C37H56N4O7S. The normalized spacial score (nSPS) is 36.3. The molecule has 49 heavy (non-hydrogen) atoms. The van der Waals surface area contributed by atoms with Crippen LogP contribution in [-0.2, 0) is 9.53 Å². The fourth-order valence-corrected chi connectivity index (χ4v) is 10.4. The Morgan fingerprint density at radius 3 is 2.31 bits per heavy atom. The monoisotopic (exact) mass is 700 g/mol. The van der Waals surface area contributed by atoms with Crippen LogP contribution in [0.2, 0.25) is 0 Å². The van der Waals surface area contributed by atoms with Crippen molar-refractivity contribution in [1.82, 2.24) is 9.59 Å². The maximum atomic E-state index is 13.0. The lowest BCUT2D eigenvalue weighted by Crippen LogP contribution is -2.55. The van der Waals surface area contributed by atoms with E-state index in [1.54, 1.807) is 0 Å². The maximum absolute atomic E-state index is 13.0. The van der Waals surface area contributed by atoms with Gasteiger partial charge < -0.3 is 30.5 Å². The molecule has 3 aliphatic carbocycles. The average molecular weight is 701 g/mol. The minimum atomic E-state index is -0.867. The zero-order valence-electron chi connectivity index (χ0n) is 29.7. The number of hydrogen-bond donors (Lipinski definition) is 6. The molecule has 6 rings (SSSR count). The van der Waals surface area contributed by atoms with Crippen LogP contribution in [0, 0.1) is 58.2 Å². The molecule has 4 fully saturated rings. The largest absolute Gasteiger partial charge is 0.465 e. The van der Waals surface area contributed by atoms with Gasteiger partial charge in [0.25, 0.3) is 0 Å². The number of aliphatic hydroxyl groups is 4. The van der Waals surface area contributed by atoms with Gasteiger partial charge in [-0.25, -0.2) is 4.79 Å². The summed E-state index contributed by atoms with van der Waals surface area (Å²) in [6.45, 7) is 13.2. The Bertz CT molecular complexity index is 1400. The van der Waals surface area contributed by atoms with Crippen molar-refractivity contribution in [3.63, 3.8) is 0 Å². The summed E-state index contributed by atoms with van der Waals surface area (Å²) in [7, 11) is 0. The van der Waals surface area contributed by atoms with Gasteiger partial charge >= 0.3 is 12.0 Å². The highest BCUT2D eigenvalue weighted by Crippen LogP contribution is 2.66. The predicted octanol–water partition coefficient (Wildman–Crippen LogP) is 5.57. The van der Waals surface area contributed by atoms with Gasteiger partial charge in [-0.15, -0.1) is 5.10 Å². The highest BCUT2D eigenvalue weighted by molar-refractivity contribution is 7.10. The van der Waals surface area contributed by atoms with Crippen LogP contribution in [0.4, 0.5) is 15.5 Å². The van der Waals surface area contributed by atoms with Crippen LogP contribution in [0.3, 0.4) is 0 Å². The molecular weight excluding hydrogens is 644 g/mol. The zero-order valence-corrected chi connectivity index (χ0v) is 30.5. The molecule has 1 aromatic carbocycles. The Labute approximate surface area is 294 Å². The number of anilines is 2. The summed E-state index contributed by atoms with van der Waals surface area (Å²) in [6.07, 6.45) is 3.11. The van der Waals surface area contributed by atoms with Crippen molar-refractivity contribution in [3.05, 3.63) is 36.5 Å². The van der Waals surface area contributed by atoms with E-state index in [0.717, 1.165) is 42.9 Å². The molecule has 1 aliphatic heterocycles. The van der Waals surface area contributed by atoms with Crippen molar-refractivity contribution in [2.75, 3.05) is 17.2 Å². The predicted molar refractivity (Wildman–Crippen MR) is 189 cm³/mol. The minimum absolute atomic E-state index is 0.00827. The summed E-state index contributed by atoms with van der Waals surface area (Å²) in [5.74, 6) is 0.948. The average Bonchev–Trinajstić information content (AvgIpc) is 3.69. The van der Waals surface area contributed by atoms with Gasteiger partial charge in [0, 0.05) is 17.2 Å². The highest BCUT2D eigenvalue weighted by Gasteiger charge is 2.63. The molecule has 0 spiro atoms. The lowest BCUT2D eigenvalue weighted by Gasteiger charge is -2.56. The summed E-state index contributed by atoms with van der Waals surface area (Å²) in [6, 6.07) is 8.91. The van der Waals surface area contributed by atoms with Crippen LogP contribution < -0.4 is 10.6 Å². The van der Waals surface area contributed by atoms with E-state index in [2.05, 4.69) is 54.8 Å². The lowest BCUT2D eigenvalue weighted by molar-refractivity contribution is -0.162. The fraction of sp³-hybridized carbons (Fsp3) is 0.730. The number of aliphatic hydroxyl groups excluding tert-OH is 4. The van der Waals surface area contributed by atoms with Crippen LogP contribution in [0.1, 0.15) is 80.1 Å². The van der Waals surface area contributed by atoms with E-state index >= 15 is 0 Å². The summed E-state index contributed by atoms with van der Waals surface area (Å²) in [5.41, 5.74) is 0.398. The van der Waals surface area contributed by atoms with E-state index in [4.69, 9.17) is 4.74 Å². The quantitative estimate of drug-likeness (QED) is 0.202. The molecule has 2 amide bonds. The standard InChI is InChI=1S/C28H48O6.C9H8N4OS/c1-14(2)15(3)24(31)25(32)16(4)18-7-8-19-17-13-34-26(33)21-11-22(29)23(30)12-28(21,6)20(17)9-10-27(18,19)5;14-9(12-8-6-10-13-15-8)11-7-4-2-1-3-5-7/h14-25,29-32H,7-13H2,1-6H3;1-6H,(H2,11,12,14)/t15-,16-,17-,18+,19-,20-,21+,22-,23+,24+,25+,27+,28+;/m0./s1. The van der Waals surface area contributed by atoms with Crippen molar-refractivity contribution >= 4 is 34.2 Å². The summed E-state index contributed by atoms with van der Waals surface area (Å²) >= 11 is 1.13. The summed E-state index contributed by atoms with van der Waals surface area (Å²) in [4.78, 5) is 24.4. The number of benzene rings is 1. The fourth-order valence-electron chi connectivity index (χ4n) is 9.97. The smallest absolute Gasteiger partial charge is 0.324 e. The van der Waals surface area contributed by atoms with Crippen LogP contribution in [0.25, 0.3) is 0 Å². The first-order valence-electron chi connectivity index (χ1n) is 18.0. The third-order valence-corrected chi connectivity index (χ3v) is 13.7. The van der Waals surface area contributed by atoms with Gasteiger partial charge in [-0.05, 0) is 103 Å². The number of fused-ring (bicyclic) bond motifs is 5. The molecule has 13 atom stereocenters. The molecule has 1 aromatic heterocycles. The van der Waals surface area contributed by atoms with E-state index in [-0.39, 0.29) is 58.8 Å². The van der Waals surface area contributed by atoms with Crippen LogP contribution >= 0.6 is 11.5 Å². The second kappa shape index (κ2) is 15.3. The molecule has 6 N–H and O–H groups in total. The van der Waals surface area contributed by atoms with Gasteiger partial charge in [0.1, 0.15) is 5.00 Å². The number of aromatic nitrogens is 2. The number of esters is 1. The third kappa shape index (κ3) is 7.68. The van der Waals surface area contributed by atoms with Gasteiger partial charge in [-0.1, -0.05) is 64.2 Å². The van der Waals surface area contributed by atoms with E-state index in [0.29, 0.717) is 35.8 Å². The van der Waals surface area contributed by atoms with Gasteiger partial charge in [0.15, 0.2) is 0 Å². The SMILES string of the molecule is CC(C)[C@H](C)[C@@H](O)[C@H](O)[C@@H](C)[C@H]1CC[C@H]2[C@@H]3COC(=O)[C@H]4C[C@H](O)[C@H](O)C[C@]4(C)[C@H]3CC[C@]12C.O=C(Nc1ccccc1)Nc1cnns1. The highest BCUT2D eigenvalue weighted by atomic mass is 32.1. The van der Waals surface area contributed by atoms with Crippen molar-refractivity contribution in [2.45, 2.75) is 104 Å². The molecule has 2 heterocycles. The molecule has 1 saturated heterocycles. The Balaban J connectivity index is 0.000000259. The van der Waals surface area contributed by atoms with Crippen LogP contribution in [0.5, 0.6) is 0 Å². The number of urea groups is 1. The first-order chi connectivity index (χ1) is 23.2. The van der Waals surface area contributed by atoms with E-state index < -0.39 is 24.4 Å². The molecule has 4 aliphatic rings. The number of hydrogen-bond acceptors (Lipinski definition) is 10. The van der Waals surface area contributed by atoms with Gasteiger partial charge in [-0.3, -0.25) is 10.1 Å². The van der Waals surface area contributed by atoms with Crippen molar-refractivity contribution in [3.8, 4) is 0 Å². The first kappa shape index (κ1) is 37.6. The number of nitrogens with zero attached hydrogens (tertiary/aromatic N) is 2. The van der Waals surface area contributed by atoms with Gasteiger partial charge in [-0.2, -0.15) is 0 Å². The van der Waals surface area contributed by atoms with Crippen molar-refractivity contribution in [1.29, 1.82) is 0 Å². The van der Waals surface area contributed by atoms with Crippen LogP contribution in [0.15, 0.2) is 36.5 Å². The molecule has 11 nitrogen and oxygen atoms in total. The summed E-state index contributed by atoms with van der Waals surface area (Å²) in [5, 5.41) is 52.4. The topological polar surface area (TPSA) is 174 Å². The number of para-hydroxylation sites is 1. The van der Waals surface area contributed by atoms with Gasteiger partial charge in [0.2, 0.25) is 0 Å². The number of cyclic esters (lactones) is 1. The number of rotatable bonds is 7. The Morgan fingerprint density at radius 1 is 0.959 bits per heavy atom. The maximum Gasteiger partial charge on any atom is 0.324 e. The Morgan fingerprint density at radius 2 is 1.65 bits per heavy atom. The number of amides is 2. The Kier molecular flexibility index (Phi) is 11.8. The number of nitrogens with one attached hydrogen (secondary N) is 2. The molecule has 272 valence electrons. The molecule has 2 aromatic rings. The minimum Gasteiger partial charge on any atom is -0.465 e. The first-order valence-corrected chi connectivity index (χ1v) is 18.7. The number of carbonyl (C=O) groups excluding carboxylic acids is 2. The van der Waals surface area contributed by atoms with E-state index in [1.807, 2.05) is 37.3 Å². The molecule has 3 saturated carbocycles. The second-order valence-corrected chi connectivity index (χ2v) is 16.8. The molecule has 0 unspecified atom stereocenters. The van der Waals surface area contributed by atoms with E-state index in [9.17, 15) is 30.0 Å². The van der Waals surface area contributed by atoms with Crippen molar-refractivity contribution in [2.24, 2.45) is 58.2 Å². The Hall–Kier alpha value is -2.64. The number of ether oxygens (including phenoxy) is 1. The second-order valence-electron chi connectivity index (χ2n) is 16.0. The third-order valence-electron chi connectivity index (χ3n) is 13.2. The van der Waals surface area contributed by atoms with Crippen molar-refractivity contribution < 1.29 is 34.8 Å². The van der Waals surface area contributed by atoms with E-state index in [1.165, 1.54) is 6.20 Å². The van der Waals surface area contributed by atoms with Crippen LogP contribution in [-0.4, -0.2) is 73.0 Å². The number of carbonyl (C=O) groups is 2. The lowest BCUT2D eigenvalue weighted by atomic mass is 9.48.